The molecule has 16 heavy (non-hydrogen) atoms. The normalized spacial score (nSPS) is 10.6. The second kappa shape index (κ2) is 5.65. The lowest BCUT2D eigenvalue weighted by Crippen LogP contribution is -1.81. The fraction of sp³-hybridized carbons (Fsp3) is 0.273. The third kappa shape index (κ3) is 2.82. The van der Waals surface area contributed by atoms with Crippen molar-refractivity contribution in [3.63, 3.8) is 0 Å². The summed E-state index contributed by atoms with van der Waals surface area (Å²) in [6.07, 6.45) is 0.508. The van der Waals surface area contributed by atoms with Crippen LogP contribution >= 0.6 is 11.8 Å². The van der Waals surface area contributed by atoms with Crippen LogP contribution in [0.25, 0.3) is 11.5 Å². The first-order valence-corrected chi connectivity index (χ1v) is 5.96. The Balaban J connectivity index is 2.02. The van der Waals surface area contributed by atoms with Crippen LogP contribution in [0.2, 0.25) is 0 Å². The van der Waals surface area contributed by atoms with Crippen LogP contribution in [0.5, 0.6) is 0 Å². The van der Waals surface area contributed by atoms with Gasteiger partial charge in [0.25, 0.3) is 5.22 Å². The van der Waals surface area contributed by atoms with Crippen LogP contribution in [0.4, 0.5) is 4.39 Å². The molecular formula is C11H11FN2OS. The van der Waals surface area contributed by atoms with E-state index in [4.69, 9.17) is 4.42 Å². The Morgan fingerprint density at radius 1 is 1.19 bits per heavy atom. The highest BCUT2D eigenvalue weighted by Gasteiger charge is 2.07. The summed E-state index contributed by atoms with van der Waals surface area (Å²) in [6.45, 7) is -0.313. The zero-order chi connectivity index (χ0) is 11.2. The number of nitrogens with zero attached hydrogens (tertiary/aromatic N) is 2. The first-order valence-electron chi connectivity index (χ1n) is 4.98. The molecule has 0 atom stereocenters. The maximum Gasteiger partial charge on any atom is 0.276 e. The Bertz CT molecular complexity index is 433. The summed E-state index contributed by atoms with van der Waals surface area (Å²) in [6, 6.07) is 9.56. The number of alkyl halides is 1. The number of benzene rings is 1. The molecule has 2 rings (SSSR count). The molecule has 1 aromatic carbocycles. The zero-order valence-electron chi connectivity index (χ0n) is 8.60. The second-order valence-electron chi connectivity index (χ2n) is 3.13. The van der Waals surface area contributed by atoms with Crippen LogP contribution in [0.15, 0.2) is 40.0 Å². The lowest BCUT2D eigenvalue weighted by atomic mass is 10.2. The van der Waals surface area contributed by atoms with Crippen LogP contribution in [0.3, 0.4) is 0 Å². The van der Waals surface area contributed by atoms with Gasteiger partial charge in [0, 0.05) is 11.3 Å². The Kier molecular flexibility index (Phi) is 3.93. The van der Waals surface area contributed by atoms with Gasteiger partial charge in [-0.3, -0.25) is 4.39 Å². The standard InChI is InChI=1S/C11H11FN2OS/c12-7-4-8-16-11-14-13-10(15-11)9-5-2-1-3-6-9/h1-3,5-6H,4,7-8H2. The summed E-state index contributed by atoms with van der Waals surface area (Å²) in [7, 11) is 0. The predicted octanol–water partition coefficient (Wildman–Crippen LogP) is 3.19. The van der Waals surface area contributed by atoms with Gasteiger partial charge in [-0.05, 0) is 18.6 Å². The van der Waals surface area contributed by atoms with E-state index in [1.165, 1.54) is 11.8 Å². The van der Waals surface area contributed by atoms with E-state index in [-0.39, 0.29) is 6.67 Å². The second-order valence-corrected chi connectivity index (χ2v) is 4.18. The number of aromatic nitrogens is 2. The summed E-state index contributed by atoms with van der Waals surface area (Å²) >= 11 is 1.38. The van der Waals surface area contributed by atoms with Gasteiger partial charge >= 0.3 is 0 Å². The van der Waals surface area contributed by atoms with E-state index in [0.717, 1.165) is 5.56 Å². The van der Waals surface area contributed by atoms with Crippen LogP contribution in [-0.2, 0) is 0 Å². The van der Waals surface area contributed by atoms with Crippen molar-refractivity contribution in [3.8, 4) is 11.5 Å². The Morgan fingerprint density at radius 2 is 2.00 bits per heavy atom. The van der Waals surface area contributed by atoms with Crippen LogP contribution in [-0.4, -0.2) is 22.6 Å². The van der Waals surface area contributed by atoms with Crippen LogP contribution in [0.1, 0.15) is 6.42 Å². The number of thioether (sulfide) groups is 1. The van der Waals surface area contributed by atoms with Gasteiger partial charge < -0.3 is 4.42 Å². The SMILES string of the molecule is FCCCSc1nnc(-c2ccccc2)o1. The molecule has 0 radical (unpaired) electrons. The summed E-state index contributed by atoms with van der Waals surface area (Å²) in [5.41, 5.74) is 0.896. The van der Waals surface area contributed by atoms with Crippen LogP contribution in [0, 0.1) is 0 Å². The summed E-state index contributed by atoms with van der Waals surface area (Å²) in [4.78, 5) is 0. The lowest BCUT2D eigenvalue weighted by molar-refractivity contribution is 0.463. The molecule has 0 amide bonds. The topological polar surface area (TPSA) is 38.9 Å². The van der Waals surface area contributed by atoms with Gasteiger partial charge in [-0.1, -0.05) is 30.0 Å². The van der Waals surface area contributed by atoms with Gasteiger partial charge in [-0.25, -0.2) is 0 Å². The van der Waals surface area contributed by atoms with Crippen molar-refractivity contribution < 1.29 is 8.81 Å². The zero-order valence-corrected chi connectivity index (χ0v) is 9.41. The molecule has 2 aromatic rings. The summed E-state index contributed by atoms with van der Waals surface area (Å²) < 4.78 is 17.3. The van der Waals surface area contributed by atoms with E-state index in [9.17, 15) is 4.39 Å². The number of rotatable bonds is 5. The highest BCUT2D eigenvalue weighted by atomic mass is 32.2. The Labute approximate surface area is 97.1 Å². The van der Waals surface area contributed by atoms with Crippen molar-refractivity contribution in [2.24, 2.45) is 0 Å². The molecule has 84 valence electrons. The van der Waals surface area contributed by atoms with Crippen molar-refractivity contribution in [1.82, 2.24) is 10.2 Å². The Hall–Kier alpha value is -1.36. The molecular weight excluding hydrogens is 227 g/mol. The highest BCUT2D eigenvalue weighted by molar-refractivity contribution is 7.99. The molecule has 0 N–H and O–H groups in total. The van der Waals surface area contributed by atoms with Gasteiger partial charge in [0.2, 0.25) is 5.89 Å². The molecule has 5 heteroatoms. The van der Waals surface area contributed by atoms with E-state index in [2.05, 4.69) is 10.2 Å². The molecule has 1 heterocycles. The van der Waals surface area contributed by atoms with Gasteiger partial charge in [0.05, 0.1) is 6.67 Å². The fourth-order valence-electron chi connectivity index (χ4n) is 1.18. The molecule has 0 saturated carbocycles. The number of hydrogen-bond donors (Lipinski definition) is 0. The molecule has 0 aliphatic heterocycles. The summed E-state index contributed by atoms with van der Waals surface area (Å²) in [5, 5.41) is 8.32. The van der Waals surface area contributed by atoms with Crippen LogP contribution < -0.4 is 0 Å². The minimum Gasteiger partial charge on any atom is -0.411 e. The smallest absolute Gasteiger partial charge is 0.276 e. The molecule has 0 aliphatic carbocycles. The quantitative estimate of drug-likeness (QED) is 0.592. The first kappa shape index (κ1) is 11.1. The predicted molar refractivity (Wildman–Crippen MR) is 61.1 cm³/mol. The molecule has 0 bridgehead atoms. The average molecular weight is 238 g/mol. The van der Waals surface area contributed by atoms with Gasteiger partial charge in [0.15, 0.2) is 0 Å². The van der Waals surface area contributed by atoms with E-state index >= 15 is 0 Å². The highest BCUT2D eigenvalue weighted by Crippen LogP contribution is 2.23. The number of hydrogen-bond acceptors (Lipinski definition) is 4. The molecule has 0 spiro atoms. The van der Waals surface area contributed by atoms with Crippen molar-refractivity contribution in [2.75, 3.05) is 12.4 Å². The first-order chi connectivity index (χ1) is 7.90. The third-order valence-electron chi connectivity index (χ3n) is 1.93. The molecule has 0 saturated heterocycles. The van der Waals surface area contributed by atoms with E-state index in [0.29, 0.717) is 23.3 Å². The molecule has 3 nitrogen and oxygen atoms in total. The molecule has 0 unspecified atom stereocenters. The van der Waals surface area contributed by atoms with Crippen molar-refractivity contribution in [1.29, 1.82) is 0 Å². The minimum atomic E-state index is -0.313. The van der Waals surface area contributed by atoms with Gasteiger partial charge in [0.1, 0.15) is 0 Å². The summed E-state index contributed by atoms with van der Waals surface area (Å²) in [5.74, 6) is 1.16. The Morgan fingerprint density at radius 3 is 2.75 bits per heavy atom. The largest absolute Gasteiger partial charge is 0.411 e. The molecule has 0 fully saturated rings. The maximum absolute atomic E-state index is 11.9. The van der Waals surface area contributed by atoms with Crippen molar-refractivity contribution >= 4 is 11.8 Å². The van der Waals surface area contributed by atoms with Gasteiger partial charge in [-0.15, -0.1) is 10.2 Å². The lowest BCUT2D eigenvalue weighted by Gasteiger charge is -1.93. The third-order valence-corrected chi connectivity index (χ3v) is 2.84. The minimum absolute atomic E-state index is 0.313. The van der Waals surface area contributed by atoms with E-state index < -0.39 is 0 Å². The van der Waals surface area contributed by atoms with E-state index in [1.54, 1.807) is 0 Å². The average Bonchev–Trinajstić information content (AvgIpc) is 2.79. The maximum atomic E-state index is 11.9. The van der Waals surface area contributed by atoms with Crippen molar-refractivity contribution in [3.05, 3.63) is 30.3 Å². The van der Waals surface area contributed by atoms with E-state index in [1.807, 2.05) is 30.3 Å². The molecule has 1 aromatic heterocycles. The molecule has 0 aliphatic rings. The fourth-order valence-corrected chi connectivity index (χ4v) is 1.84. The van der Waals surface area contributed by atoms with Gasteiger partial charge in [-0.2, -0.15) is 0 Å². The number of halogens is 1. The monoisotopic (exact) mass is 238 g/mol. The van der Waals surface area contributed by atoms with Crippen molar-refractivity contribution in [2.45, 2.75) is 11.6 Å².